The Bertz CT molecular complexity index is 280. The number of nitriles is 2. The van der Waals surface area contributed by atoms with Gasteiger partial charge in [-0.2, -0.15) is 10.5 Å². The Labute approximate surface area is 85.6 Å². The van der Waals surface area contributed by atoms with E-state index < -0.39 is 0 Å². The Morgan fingerprint density at radius 3 is 2.77 bits per heavy atom. The minimum Gasteiger partial charge on any atom is -0.368 e. The highest BCUT2D eigenvalue weighted by Crippen LogP contribution is 2.11. The molecule has 0 bridgehead atoms. The molecule has 13 heavy (non-hydrogen) atoms. The maximum atomic E-state index is 8.66. The second-order valence-corrected chi connectivity index (χ2v) is 3.34. The summed E-state index contributed by atoms with van der Waals surface area (Å²) in [7, 11) is 0. The minimum atomic E-state index is 0.165. The summed E-state index contributed by atoms with van der Waals surface area (Å²) in [6, 6.07) is 3.76. The van der Waals surface area contributed by atoms with Gasteiger partial charge in [-0.1, -0.05) is 15.9 Å². The average molecular weight is 241 g/mol. The lowest BCUT2D eigenvalue weighted by Crippen LogP contribution is -2.23. The van der Waals surface area contributed by atoms with Crippen LogP contribution in [0.15, 0.2) is 11.4 Å². The van der Waals surface area contributed by atoms with Crippen molar-refractivity contribution < 1.29 is 0 Å². The first-order valence-electron chi connectivity index (χ1n) is 3.92. The highest BCUT2D eigenvalue weighted by Gasteiger charge is 2.19. The maximum Gasteiger partial charge on any atom is 0.169 e. The van der Waals surface area contributed by atoms with Crippen LogP contribution in [-0.2, 0) is 0 Å². The fraction of sp³-hybridized carbons (Fsp3) is 0.500. The van der Waals surface area contributed by atoms with E-state index in [0.717, 1.165) is 25.0 Å². The summed E-state index contributed by atoms with van der Waals surface area (Å²) in [5.41, 5.74) is 0.165. The molecule has 0 aromatic carbocycles. The molecule has 1 aliphatic rings. The second kappa shape index (κ2) is 4.74. The molecular weight excluding hydrogens is 232 g/mol. The largest absolute Gasteiger partial charge is 0.368 e. The summed E-state index contributed by atoms with van der Waals surface area (Å²) in [5.74, 6) is 0.671. The molecule has 1 fully saturated rings. The quantitative estimate of drug-likeness (QED) is 0.566. The zero-order chi connectivity index (χ0) is 9.68. The lowest BCUT2D eigenvalue weighted by atomic mass is 10.3. The van der Waals surface area contributed by atoms with Crippen LogP contribution >= 0.6 is 15.9 Å². The smallest absolute Gasteiger partial charge is 0.169 e. The van der Waals surface area contributed by atoms with Crippen LogP contribution in [0.3, 0.4) is 0 Å². The summed E-state index contributed by atoms with van der Waals surface area (Å²) in [6.07, 6.45) is 0. The number of alkyl halides is 1. The van der Waals surface area contributed by atoms with Crippen molar-refractivity contribution in [3.63, 3.8) is 0 Å². The predicted octanol–water partition coefficient (Wildman–Crippen LogP) is 0.545. The van der Waals surface area contributed by atoms with Gasteiger partial charge in [0.25, 0.3) is 0 Å². The zero-order valence-corrected chi connectivity index (χ0v) is 8.63. The first-order valence-corrected chi connectivity index (χ1v) is 5.05. The summed E-state index contributed by atoms with van der Waals surface area (Å²) in [5, 5.41) is 21.2. The van der Waals surface area contributed by atoms with Crippen molar-refractivity contribution in [1.29, 1.82) is 10.5 Å². The second-order valence-electron chi connectivity index (χ2n) is 2.55. The molecule has 0 radical (unpaired) electrons. The molecule has 0 amide bonds. The van der Waals surface area contributed by atoms with Crippen LogP contribution in [0.5, 0.6) is 0 Å². The molecule has 0 spiro atoms. The minimum absolute atomic E-state index is 0.165. The molecule has 0 aromatic rings. The summed E-state index contributed by atoms with van der Waals surface area (Å²) in [6.45, 7) is 2.47. The van der Waals surface area contributed by atoms with Gasteiger partial charge >= 0.3 is 0 Å². The molecular formula is C8H9BrN4. The number of nitrogens with zero attached hydrogens (tertiary/aromatic N) is 3. The normalized spacial score (nSPS) is 14.7. The molecule has 68 valence electrons. The molecule has 0 aromatic heterocycles. The molecule has 1 heterocycles. The van der Waals surface area contributed by atoms with Crippen LogP contribution < -0.4 is 5.32 Å². The van der Waals surface area contributed by atoms with Crippen LogP contribution in [0.4, 0.5) is 0 Å². The highest BCUT2D eigenvalue weighted by molar-refractivity contribution is 9.09. The molecule has 1 saturated heterocycles. The van der Waals surface area contributed by atoms with E-state index in [9.17, 15) is 0 Å². The molecule has 1 aliphatic heterocycles. The van der Waals surface area contributed by atoms with Gasteiger partial charge in [0, 0.05) is 25.0 Å². The van der Waals surface area contributed by atoms with Crippen molar-refractivity contribution >= 4 is 15.9 Å². The predicted molar refractivity (Wildman–Crippen MR) is 51.6 cm³/mol. The summed E-state index contributed by atoms with van der Waals surface area (Å²) >= 11 is 3.32. The van der Waals surface area contributed by atoms with E-state index >= 15 is 0 Å². The molecule has 0 unspecified atom stereocenters. The van der Waals surface area contributed by atoms with Crippen LogP contribution in [0.1, 0.15) is 0 Å². The summed E-state index contributed by atoms with van der Waals surface area (Å²) < 4.78 is 0. The van der Waals surface area contributed by atoms with Gasteiger partial charge in [-0.05, 0) is 0 Å². The third-order valence-corrected chi connectivity index (χ3v) is 2.16. The molecule has 0 saturated carbocycles. The van der Waals surface area contributed by atoms with Crippen molar-refractivity contribution in [2.75, 3.05) is 25.0 Å². The lowest BCUT2D eigenvalue weighted by molar-refractivity contribution is 0.421. The van der Waals surface area contributed by atoms with Gasteiger partial charge in [-0.15, -0.1) is 0 Å². The van der Waals surface area contributed by atoms with Crippen LogP contribution in [0.2, 0.25) is 0 Å². The Balaban J connectivity index is 2.85. The standard InChI is InChI=1S/C8H9BrN4/c9-1-3-13-4-2-12-8(13)7(5-10)6-11/h12H,1-4H2. The number of hydrogen-bond acceptors (Lipinski definition) is 4. The Hall–Kier alpha value is -1.20. The maximum absolute atomic E-state index is 8.66. The van der Waals surface area contributed by atoms with Gasteiger partial charge in [0.05, 0.1) is 0 Å². The molecule has 1 N–H and O–H groups in total. The number of hydrogen-bond donors (Lipinski definition) is 1. The van der Waals surface area contributed by atoms with Crippen molar-refractivity contribution in [3.05, 3.63) is 11.4 Å². The van der Waals surface area contributed by atoms with E-state index in [-0.39, 0.29) is 5.57 Å². The van der Waals surface area contributed by atoms with E-state index in [2.05, 4.69) is 21.2 Å². The average Bonchev–Trinajstić information content (AvgIpc) is 2.57. The van der Waals surface area contributed by atoms with Crippen molar-refractivity contribution in [1.82, 2.24) is 10.2 Å². The molecule has 5 heteroatoms. The first kappa shape index (κ1) is 9.88. The third-order valence-electron chi connectivity index (χ3n) is 1.81. The topological polar surface area (TPSA) is 62.9 Å². The van der Waals surface area contributed by atoms with Crippen LogP contribution in [-0.4, -0.2) is 29.9 Å². The fourth-order valence-corrected chi connectivity index (χ4v) is 1.66. The fourth-order valence-electron chi connectivity index (χ4n) is 1.24. The molecule has 1 rings (SSSR count). The van der Waals surface area contributed by atoms with E-state index in [1.807, 2.05) is 17.0 Å². The van der Waals surface area contributed by atoms with Crippen LogP contribution in [0.25, 0.3) is 0 Å². The van der Waals surface area contributed by atoms with Crippen molar-refractivity contribution in [2.45, 2.75) is 0 Å². The Kier molecular flexibility index (Phi) is 3.60. The molecule has 0 aliphatic carbocycles. The van der Waals surface area contributed by atoms with Gasteiger partial charge in [0.15, 0.2) is 5.57 Å². The number of halogens is 1. The highest BCUT2D eigenvalue weighted by atomic mass is 79.9. The Morgan fingerprint density at radius 2 is 2.23 bits per heavy atom. The van der Waals surface area contributed by atoms with Gasteiger partial charge in [0.2, 0.25) is 0 Å². The van der Waals surface area contributed by atoms with Crippen molar-refractivity contribution in [3.8, 4) is 12.1 Å². The van der Waals surface area contributed by atoms with Gasteiger partial charge in [0.1, 0.15) is 18.0 Å². The van der Waals surface area contributed by atoms with Gasteiger partial charge in [-0.3, -0.25) is 0 Å². The molecule has 4 nitrogen and oxygen atoms in total. The monoisotopic (exact) mass is 240 g/mol. The van der Waals surface area contributed by atoms with E-state index in [4.69, 9.17) is 10.5 Å². The SMILES string of the molecule is N#CC(C#N)=C1NCCN1CCBr. The van der Waals surface area contributed by atoms with Crippen LogP contribution in [0, 0.1) is 22.7 Å². The third kappa shape index (κ3) is 2.13. The number of allylic oxidation sites excluding steroid dienone is 1. The first-order chi connectivity index (χ1) is 6.33. The Morgan fingerprint density at radius 1 is 1.54 bits per heavy atom. The summed E-state index contributed by atoms with van der Waals surface area (Å²) in [4.78, 5) is 2.00. The van der Waals surface area contributed by atoms with E-state index in [1.54, 1.807) is 0 Å². The van der Waals surface area contributed by atoms with Gasteiger partial charge in [-0.25, -0.2) is 0 Å². The van der Waals surface area contributed by atoms with E-state index in [0.29, 0.717) is 5.82 Å². The van der Waals surface area contributed by atoms with Gasteiger partial charge < -0.3 is 10.2 Å². The lowest BCUT2D eigenvalue weighted by Gasteiger charge is -2.16. The number of nitrogens with one attached hydrogen (secondary N) is 1. The zero-order valence-electron chi connectivity index (χ0n) is 7.05. The number of rotatable bonds is 2. The van der Waals surface area contributed by atoms with Crippen molar-refractivity contribution in [2.24, 2.45) is 0 Å². The van der Waals surface area contributed by atoms with E-state index in [1.165, 1.54) is 0 Å². The molecule has 0 atom stereocenters.